The number of para-hydroxylation sites is 1. The molecule has 1 saturated carbocycles. The Morgan fingerprint density at radius 2 is 1.86 bits per heavy atom. The van der Waals surface area contributed by atoms with Gasteiger partial charge in [0, 0.05) is 5.69 Å². The Morgan fingerprint density at radius 3 is 2.36 bits per heavy atom. The summed E-state index contributed by atoms with van der Waals surface area (Å²) in [5.41, 5.74) is 10.1. The van der Waals surface area contributed by atoms with Crippen LogP contribution in [0.15, 0.2) is 18.2 Å². The van der Waals surface area contributed by atoms with Crippen LogP contribution in [0, 0.1) is 0 Å². The van der Waals surface area contributed by atoms with Gasteiger partial charge in [0.05, 0.1) is 0 Å². The van der Waals surface area contributed by atoms with Crippen molar-refractivity contribution in [1.29, 1.82) is 0 Å². The molecule has 0 aliphatic heterocycles. The molecular weight excluding hydrogens is 170 g/mol. The topological polar surface area (TPSA) is 26.0 Å². The van der Waals surface area contributed by atoms with Crippen LogP contribution in [0.1, 0.15) is 50.7 Å². The summed E-state index contributed by atoms with van der Waals surface area (Å²) in [5.74, 6) is 0.747. The van der Waals surface area contributed by atoms with Crippen molar-refractivity contribution in [3.63, 3.8) is 0 Å². The van der Waals surface area contributed by atoms with Crippen molar-refractivity contribution in [1.82, 2.24) is 0 Å². The molecule has 0 unspecified atom stereocenters. The molecule has 2 N–H and O–H groups in total. The van der Waals surface area contributed by atoms with Crippen LogP contribution in [0.4, 0.5) is 5.69 Å². The zero-order chi connectivity index (χ0) is 10.3. The minimum atomic E-state index is 0.162. The Hall–Kier alpha value is -0.980. The molecule has 0 atom stereocenters. The summed E-state index contributed by atoms with van der Waals surface area (Å²) in [6, 6.07) is 6.48. The van der Waals surface area contributed by atoms with Crippen molar-refractivity contribution >= 4 is 5.69 Å². The van der Waals surface area contributed by atoms with Gasteiger partial charge in [0.1, 0.15) is 0 Å². The van der Waals surface area contributed by atoms with E-state index in [-0.39, 0.29) is 5.41 Å². The predicted octanol–water partition coefficient (Wildman–Crippen LogP) is 3.44. The van der Waals surface area contributed by atoms with Crippen molar-refractivity contribution < 1.29 is 0 Å². The van der Waals surface area contributed by atoms with Crippen LogP contribution in [0.25, 0.3) is 0 Å². The van der Waals surface area contributed by atoms with Crippen LogP contribution in [-0.2, 0) is 5.41 Å². The zero-order valence-corrected chi connectivity index (χ0v) is 9.30. The van der Waals surface area contributed by atoms with Crippen molar-refractivity contribution in [3.05, 3.63) is 29.3 Å². The van der Waals surface area contributed by atoms with Gasteiger partial charge in [0.2, 0.25) is 0 Å². The van der Waals surface area contributed by atoms with Gasteiger partial charge >= 0.3 is 0 Å². The molecule has 0 saturated heterocycles. The molecule has 1 aromatic carbocycles. The van der Waals surface area contributed by atoms with Crippen molar-refractivity contribution in [2.75, 3.05) is 5.73 Å². The third kappa shape index (κ3) is 1.63. The van der Waals surface area contributed by atoms with E-state index in [0.717, 1.165) is 11.6 Å². The van der Waals surface area contributed by atoms with E-state index in [0.29, 0.717) is 0 Å². The van der Waals surface area contributed by atoms with Crippen LogP contribution in [0.3, 0.4) is 0 Å². The Kier molecular flexibility index (Phi) is 2.06. The first kappa shape index (κ1) is 9.57. The van der Waals surface area contributed by atoms with E-state index < -0.39 is 0 Å². The minimum Gasteiger partial charge on any atom is -0.398 e. The number of rotatable bonds is 1. The maximum atomic E-state index is 6.21. The van der Waals surface area contributed by atoms with Crippen LogP contribution < -0.4 is 5.73 Å². The first-order chi connectivity index (χ1) is 6.50. The summed E-state index contributed by atoms with van der Waals surface area (Å²) >= 11 is 0. The first-order valence-electron chi connectivity index (χ1n) is 5.39. The number of hydrogen-bond donors (Lipinski definition) is 1. The number of anilines is 1. The standard InChI is InChI=1S/C13H19N/c1-13(2,3)11-6-4-5-10(12(11)14)9-7-8-9/h4-6,9H,7-8,14H2,1-3H3. The van der Waals surface area contributed by atoms with Gasteiger partial charge in [-0.2, -0.15) is 0 Å². The molecule has 2 rings (SSSR count). The van der Waals surface area contributed by atoms with Gasteiger partial charge in [-0.1, -0.05) is 39.0 Å². The molecule has 0 spiro atoms. The smallest absolute Gasteiger partial charge is 0.0387 e. The zero-order valence-electron chi connectivity index (χ0n) is 9.30. The molecular formula is C13H19N. The molecule has 0 amide bonds. The lowest BCUT2D eigenvalue weighted by atomic mass is 9.84. The van der Waals surface area contributed by atoms with Crippen LogP contribution in [0.5, 0.6) is 0 Å². The minimum absolute atomic E-state index is 0.162. The van der Waals surface area contributed by atoms with E-state index in [4.69, 9.17) is 5.73 Å². The molecule has 1 nitrogen and oxygen atoms in total. The third-order valence-electron chi connectivity index (χ3n) is 2.97. The second-order valence-electron chi connectivity index (χ2n) is 5.33. The molecule has 76 valence electrons. The first-order valence-corrected chi connectivity index (χ1v) is 5.39. The van der Waals surface area contributed by atoms with Crippen molar-refractivity contribution in [2.45, 2.75) is 44.9 Å². The predicted molar refractivity (Wildman–Crippen MR) is 61.5 cm³/mol. The summed E-state index contributed by atoms with van der Waals surface area (Å²) in [4.78, 5) is 0. The molecule has 0 aromatic heterocycles. The molecule has 1 aliphatic rings. The normalized spacial score (nSPS) is 17.1. The van der Waals surface area contributed by atoms with Crippen molar-refractivity contribution in [3.8, 4) is 0 Å². The fourth-order valence-corrected chi connectivity index (χ4v) is 1.99. The summed E-state index contributed by atoms with van der Waals surface area (Å²) in [5, 5.41) is 0. The Morgan fingerprint density at radius 1 is 1.21 bits per heavy atom. The molecule has 1 aromatic rings. The molecule has 1 heteroatoms. The van der Waals surface area contributed by atoms with E-state index in [1.165, 1.54) is 24.0 Å². The second-order valence-corrected chi connectivity index (χ2v) is 5.33. The molecule has 0 bridgehead atoms. The van der Waals surface area contributed by atoms with E-state index in [9.17, 15) is 0 Å². The lowest BCUT2D eigenvalue weighted by Gasteiger charge is -2.22. The highest BCUT2D eigenvalue weighted by Gasteiger charge is 2.28. The third-order valence-corrected chi connectivity index (χ3v) is 2.97. The summed E-state index contributed by atoms with van der Waals surface area (Å²) in [7, 11) is 0. The van der Waals surface area contributed by atoms with Gasteiger partial charge in [-0.3, -0.25) is 0 Å². The second kappa shape index (κ2) is 3.01. The highest BCUT2D eigenvalue weighted by Crippen LogP contribution is 2.44. The Bertz CT molecular complexity index is 343. The van der Waals surface area contributed by atoms with Gasteiger partial charge in [-0.05, 0) is 35.3 Å². The van der Waals surface area contributed by atoms with Crippen LogP contribution in [-0.4, -0.2) is 0 Å². The number of hydrogen-bond acceptors (Lipinski definition) is 1. The van der Waals surface area contributed by atoms with Crippen molar-refractivity contribution in [2.24, 2.45) is 0 Å². The fraction of sp³-hybridized carbons (Fsp3) is 0.538. The van der Waals surface area contributed by atoms with Gasteiger partial charge in [0.15, 0.2) is 0 Å². The fourth-order valence-electron chi connectivity index (χ4n) is 1.99. The molecule has 0 radical (unpaired) electrons. The van der Waals surface area contributed by atoms with Gasteiger partial charge in [0.25, 0.3) is 0 Å². The number of nitrogen functional groups attached to an aromatic ring is 1. The Balaban J connectivity index is 2.46. The SMILES string of the molecule is CC(C)(C)c1cccc(C2CC2)c1N. The summed E-state index contributed by atoms with van der Waals surface area (Å²) in [6.07, 6.45) is 2.63. The molecule has 1 fully saturated rings. The lowest BCUT2D eigenvalue weighted by molar-refractivity contribution is 0.592. The maximum absolute atomic E-state index is 6.21. The molecule has 0 heterocycles. The number of nitrogens with two attached hydrogens (primary N) is 1. The molecule has 1 aliphatic carbocycles. The van der Waals surface area contributed by atoms with E-state index >= 15 is 0 Å². The monoisotopic (exact) mass is 189 g/mol. The van der Waals surface area contributed by atoms with Gasteiger partial charge in [-0.15, -0.1) is 0 Å². The average molecular weight is 189 g/mol. The largest absolute Gasteiger partial charge is 0.398 e. The summed E-state index contributed by atoms with van der Waals surface area (Å²) < 4.78 is 0. The lowest BCUT2D eigenvalue weighted by Crippen LogP contribution is -2.14. The summed E-state index contributed by atoms with van der Waals surface area (Å²) in [6.45, 7) is 6.65. The average Bonchev–Trinajstić information content (AvgIpc) is 2.85. The van der Waals surface area contributed by atoms with E-state index in [1.54, 1.807) is 0 Å². The molecule has 14 heavy (non-hydrogen) atoms. The van der Waals surface area contributed by atoms with E-state index in [2.05, 4.69) is 39.0 Å². The van der Waals surface area contributed by atoms with Crippen LogP contribution >= 0.6 is 0 Å². The Labute approximate surface area is 86.3 Å². The quantitative estimate of drug-likeness (QED) is 0.673. The van der Waals surface area contributed by atoms with Crippen LogP contribution in [0.2, 0.25) is 0 Å². The van der Waals surface area contributed by atoms with Gasteiger partial charge < -0.3 is 5.73 Å². The highest BCUT2D eigenvalue weighted by molar-refractivity contribution is 5.58. The highest BCUT2D eigenvalue weighted by atomic mass is 14.6. The number of benzene rings is 1. The maximum Gasteiger partial charge on any atom is 0.0387 e. The van der Waals surface area contributed by atoms with E-state index in [1.807, 2.05) is 0 Å². The van der Waals surface area contributed by atoms with Gasteiger partial charge in [-0.25, -0.2) is 0 Å².